The summed E-state index contributed by atoms with van der Waals surface area (Å²) >= 11 is 0. The molecule has 0 aliphatic carbocycles. The van der Waals surface area contributed by atoms with Crippen molar-refractivity contribution in [2.24, 2.45) is 0 Å². The van der Waals surface area contributed by atoms with Gasteiger partial charge in [0.2, 0.25) is 13.2 Å². The lowest BCUT2D eigenvalue weighted by Gasteiger charge is -2.06. The van der Waals surface area contributed by atoms with Crippen LogP contribution in [0.15, 0.2) is 29.1 Å². The summed E-state index contributed by atoms with van der Waals surface area (Å²) in [7, 11) is 0. The number of rotatable bonds is 5. The van der Waals surface area contributed by atoms with Gasteiger partial charge in [0.1, 0.15) is 0 Å². The summed E-state index contributed by atoms with van der Waals surface area (Å²) < 4.78 is 15.4. The Morgan fingerprint density at radius 3 is 3.17 bits per heavy atom. The fourth-order valence-corrected chi connectivity index (χ4v) is 1.86. The van der Waals surface area contributed by atoms with Crippen LogP contribution in [0.4, 0.5) is 0 Å². The number of aromatic nitrogens is 2. The van der Waals surface area contributed by atoms with Gasteiger partial charge in [-0.15, -0.1) is 0 Å². The molecule has 1 N–H and O–H groups in total. The van der Waals surface area contributed by atoms with Crippen molar-refractivity contribution in [3.8, 4) is 11.5 Å². The molecule has 18 heavy (non-hydrogen) atoms. The lowest BCUT2D eigenvalue weighted by molar-refractivity contribution is 0.173. The Bertz CT molecular complexity index is 513. The molecule has 1 aliphatic rings. The van der Waals surface area contributed by atoms with Crippen LogP contribution in [0.3, 0.4) is 0 Å². The lowest BCUT2D eigenvalue weighted by Crippen LogP contribution is -2.17. The van der Waals surface area contributed by atoms with Crippen LogP contribution in [0.1, 0.15) is 11.4 Å². The maximum Gasteiger partial charge on any atom is 0.231 e. The van der Waals surface area contributed by atoms with E-state index in [1.54, 1.807) is 0 Å². The van der Waals surface area contributed by atoms with E-state index in [4.69, 9.17) is 9.47 Å². The Balaban J connectivity index is 1.53. The lowest BCUT2D eigenvalue weighted by atomic mass is 10.2. The van der Waals surface area contributed by atoms with Crippen molar-refractivity contribution < 1.29 is 14.0 Å². The third-order valence-electron chi connectivity index (χ3n) is 2.73. The van der Waals surface area contributed by atoms with Crippen LogP contribution >= 0.6 is 0 Å². The van der Waals surface area contributed by atoms with Crippen LogP contribution in [0.5, 0.6) is 11.5 Å². The van der Waals surface area contributed by atoms with Crippen LogP contribution in [0.2, 0.25) is 0 Å². The summed E-state index contributed by atoms with van der Waals surface area (Å²) in [6, 6.07) is 5.89. The molecule has 6 nitrogen and oxygen atoms in total. The summed E-state index contributed by atoms with van der Waals surface area (Å²) in [6.45, 7) is 1.81. The quantitative estimate of drug-likeness (QED) is 0.799. The Labute approximate surface area is 104 Å². The Kier molecular flexibility index (Phi) is 3.10. The third-order valence-corrected chi connectivity index (χ3v) is 2.73. The zero-order chi connectivity index (χ0) is 12.2. The molecule has 0 spiro atoms. The van der Waals surface area contributed by atoms with Crippen molar-refractivity contribution in [1.29, 1.82) is 0 Å². The molecule has 2 aromatic rings. The second-order valence-corrected chi connectivity index (χ2v) is 3.93. The first-order valence-electron chi connectivity index (χ1n) is 5.77. The van der Waals surface area contributed by atoms with E-state index in [-0.39, 0.29) is 0 Å². The summed E-state index contributed by atoms with van der Waals surface area (Å²) in [6.07, 6.45) is 2.08. The van der Waals surface area contributed by atoms with Crippen LogP contribution in [-0.4, -0.2) is 23.5 Å². The minimum atomic E-state index is 0.301. The molecule has 1 aliphatic heterocycles. The van der Waals surface area contributed by atoms with Crippen LogP contribution in [0, 0.1) is 0 Å². The normalized spacial score (nSPS) is 12.9. The second-order valence-electron chi connectivity index (χ2n) is 3.93. The molecule has 0 saturated heterocycles. The zero-order valence-electron chi connectivity index (χ0n) is 9.76. The predicted octanol–water partition coefficient (Wildman–Crippen LogP) is 1.13. The molecule has 2 heterocycles. The van der Waals surface area contributed by atoms with E-state index in [9.17, 15) is 0 Å². The number of benzene rings is 1. The molecule has 94 valence electrons. The van der Waals surface area contributed by atoms with E-state index in [0.717, 1.165) is 36.6 Å². The van der Waals surface area contributed by atoms with Crippen molar-refractivity contribution in [2.45, 2.75) is 13.0 Å². The number of nitrogens with zero attached hydrogens (tertiary/aromatic N) is 2. The van der Waals surface area contributed by atoms with Gasteiger partial charge in [0.15, 0.2) is 17.3 Å². The maximum atomic E-state index is 5.43. The smallest absolute Gasteiger partial charge is 0.231 e. The molecule has 6 heteroatoms. The minimum Gasteiger partial charge on any atom is -0.454 e. The first-order chi connectivity index (χ1) is 8.93. The minimum absolute atomic E-state index is 0.301. The van der Waals surface area contributed by atoms with Gasteiger partial charge in [-0.25, -0.2) is 0 Å². The van der Waals surface area contributed by atoms with Crippen molar-refractivity contribution >= 4 is 0 Å². The Morgan fingerprint density at radius 2 is 2.28 bits per heavy atom. The first-order valence-corrected chi connectivity index (χ1v) is 5.77. The van der Waals surface area contributed by atoms with Crippen LogP contribution < -0.4 is 14.8 Å². The van der Waals surface area contributed by atoms with E-state index in [1.165, 1.54) is 6.39 Å². The molecule has 0 amide bonds. The summed E-state index contributed by atoms with van der Waals surface area (Å²) in [5.41, 5.74) is 1.10. The standard InChI is InChI=1S/C12H13N3O3/c1-2-9(12-10(3-1)16-8-17-12)6-13-5-4-11-14-7-18-15-11/h1-3,7,13H,4-6,8H2. The average molecular weight is 247 g/mol. The predicted molar refractivity (Wildman–Crippen MR) is 62.3 cm³/mol. The van der Waals surface area contributed by atoms with Crippen molar-refractivity contribution in [3.05, 3.63) is 36.0 Å². The van der Waals surface area contributed by atoms with E-state index < -0.39 is 0 Å². The monoisotopic (exact) mass is 247 g/mol. The number of nitrogens with one attached hydrogen (secondary N) is 1. The molecule has 0 radical (unpaired) electrons. The number of hydrogen-bond donors (Lipinski definition) is 1. The molecular formula is C12H13N3O3. The highest BCUT2D eigenvalue weighted by Crippen LogP contribution is 2.35. The van der Waals surface area contributed by atoms with Gasteiger partial charge in [-0.3, -0.25) is 0 Å². The number of fused-ring (bicyclic) bond motifs is 1. The van der Waals surface area contributed by atoms with Gasteiger partial charge in [-0.2, -0.15) is 4.98 Å². The number of hydrogen-bond acceptors (Lipinski definition) is 6. The molecule has 0 atom stereocenters. The van der Waals surface area contributed by atoms with Gasteiger partial charge < -0.3 is 19.3 Å². The molecule has 0 saturated carbocycles. The average Bonchev–Trinajstić information content (AvgIpc) is 3.05. The van der Waals surface area contributed by atoms with E-state index in [0.29, 0.717) is 12.6 Å². The topological polar surface area (TPSA) is 69.4 Å². The highest BCUT2D eigenvalue weighted by molar-refractivity contribution is 5.48. The van der Waals surface area contributed by atoms with Gasteiger partial charge >= 0.3 is 0 Å². The van der Waals surface area contributed by atoms with Gasteiger partial charge in [0.05, 0.1) is 0 Å². The van der Waals surface area contributed by atoms with Crippen molar-refractivity contribution in [3.63, 3.8) is 0 Å². The summed E-state index contributed by atoms with van der Waals surface area (Å²) in [4.78, 5) is 3.96. The van der Waals surface area contributed by atoms with Crippen molar-refractivity contribution in [2.75, 3.05) is 13.3 Å². The van der Waals surface area contributed by atoms with Gasteiger partial charge in [0, 0.05) is 25.1 Å². The molecule has 1 aromatic heterocycles. The summed E-state index contributed by atoms with van der Waals surface area (Å²) in [5.74, 6) is 2.36. The molecule has 3 rings (SSSR count). The van der Waals surface area contributed by atoms with Crippen molar-refractivity contribution in [1.82, 2.24) is 15.5 Å². The second kappa shape index (κ2) is 5.05. The fourth-order valence-electron chi connectivity index (χ4n) is 1.86. The Hall–Kier alpha value is -2.08. The molecular weight excluding hydrogens is 234 g/mol. The van der Waals surface area contributed by atoms with E-state index in [2.05, 4.69) is 20.0 Å². The Morgan fingerprint density at radius 1 is 1.28 bits per heavy atom. The molecule has 0 unspecified atom stereocenters. The molecule has 0 fully saturated rings. The number of para-hydroxylation sites is 1. The van der Waals surface area contributed by atoms with E-state index >= 15 is 0 Å². The van der Waals surface area contributed by atoms with Gasteiger partial charge in [-0.05, 0) is 6.07 Å². The SMILES string of the molecule is c1cc(CNCCc2ncon2)c2c(c1)OCO2. The van der Waals surface area contributed by atoms with Crippen LogP contribution in [0.25, 0.3) is 0 Å². The van der Waals surface area contributed by atoms with E-state index in [1.807, 2.05) is 18.2 Å². The maximum absolute atomic E-state index is 5.43. The summed E-state index contributed by atoms with van der Waals surface area (Å²) in [5, 5.41) is 7.06. The highest BCUT2D eigenvalue weighted by atomic mass is 16.7. The third kappa shape index (κ3) is 2.28. The van der Waals surface area contributed by atoms with Gasteiger partial charge in [-0.1, -0.05) is 17.3 Å². The number of ether oxygens (including phenoxy) is 2. The molecule has 1 aromatic carbocycles. The van der Waals surface area contributed by atoms with Crippen LogP contribution in [-0.2, 0) is 13.0 Å². The first kappa shape index (κ1) is 11.0. The largest absolute Gasteiger partial charge is 0.454 e. The zero-order valence-corrected chi connectivity index (χ0v) is 9.76. The van der Waals surface area contributed by atoms with Gasteiger partial charge in [0.25, 0.3) is 0 Å². The highest BCUT2D eigenvalue weighted by Gasteiger charge is 2.16. The molecule has 0 bridgehead atoms. The fraction of sp³-hybridized carbons (Fsp3) is 0.333.